The van der Waals surface area contributed by atoms with E-state index in [1.807, 2.05) is 30.3 Å². The molecule has 0 radical (unpaired) electrons. The predicted molar refractivity (Wildman–Crippen MR) is 158 cm³/mol. The second-order valence-corrected chi connectivity index (χ2v) is 11.5. The zero-order valence-electron chi connectivity index (χ0n) is 22.1. The van der Waals surface area contributed by atoms with E-state index in [4.69, 9.17) is 28.2 Å². The number of hydrogen-bond donors (Lipinski definition) is 2. The Bertz CT molecular complexity index is 1370. The molecule has 1 saturated heterocycles. The molecule has 2 N–H and O–H groups in total. The summed E-state index contributed by atoms with van der Waals surface area (Å²) in [6.45, 7) is 8.87. The van der Waals surface area contributed by atoms with Crippen LogP contribution in [0, 0.1) is 11.8 Å². The van der Waals surface area contributed by atoms with Crippen LogP contribution in [0.4, 0.5) is 5.69 Å². The molecular weight excluding hydrogens is 519 g/mol. The van der Waals surface area contributed by atoms with Crippen molar-refractivity contribution >= 4 is 45.8 Å². The molecule has 38 heavy (non-hydrogen) atoms. The average Bonchev–Trinajstić information content (AvgIpc) is 2.92. The van der Waals surface area contributed by atoms with Gasteiger partial charge in [0, 0.05) is 48.5 Å². The fraction of sp³-hybridized carbons (Fsp3) is 0.483. The Hall–Kier alpha value is -2.61. The molecule has 7 nitrogen and oxygen atoms in total. The average molecular weight is 556 g/mol. The molecule has 2 aliphatic rings. The maximum atomic E-state index is 13.2. The highest BCUT2D eigenvalue weighted by Crippen LogP contribution is 2.32. The lowest BCUT2D eigenvalue weighted by Gasteiger charge is -2.35. The molecule has 1 aliphatic carbocycles. The maximum Gasteiger partial charge on any atom is 0.261 e. The zero-order valence-corrected chi connectivity index (χ0v) is 23.6. The van der Waals surface area contributed by atoms with Crippen LogP contribution < -0.4 is 16.2 Å². The molecule has 2 aromatic carbocycles. The number of piperazine rings is 1. The summed E-state index contributed by atoms with van der Waals surface area (Å²) in [4.78, 5) is 25.4. The van der Waals surface area contributed by atoms with Crippen LogP contribution in [0.1, 0.15) is 38.7 Å². The summed E-state index contributed by atoms with van der Waals surface area (Å²) in [5.41, 5.74) is 2.45. The molecule has 0 spiro atoms. The first-order valence-electron chi connectivity index (χ1n) is 13.6. The van der Waals surface area contributed by atoms with Crippen LogP contribution in [0.15, 0.2) is 52.5 Å². The zero-order chi connectivity index (χ0) is 26.6. The topological polar surface area (TPSA) is 74.5 Å². The smallest absolute Gasteiger partial charge is 0.261 e. The van der Waals surface area contributed by atoms with E-state index in [-0.39, 0.29) is 5.56 Å². The normalized spacial score (nSPS) is 22.6. The van der Waals surface area contributed by atoms with Gasteiger partial charge >= 0.3 is 0 Å². The van der Waals surface area contributed by atoms with E-state index in [0.717, 1.165) is 49.8 Å². The highest BCUT2D eigenvalue weighted by atomic mass is 35.5. The first kappa shape index (κ1) is 27.0. The minimum absolute atomic E-state index is 0.0624. The third-order valence-electron chi connectivity index (χ3n) is 8.09. The van der Waals surface area contributed by atoms with Crippen LogP contribution in [-0.4, -0.2) is 52.6 Å². The molecule has 3 atom stereocenters. The third kappa shape index (κ3) is 6.16. The highest BCUT2D eigenvalue weighted by molar-refractivity contribution is 6.35. The van der Waals surface area contributed by atoms with Gasteiger partial charge in [0.15, 0.2) is 5.96 Å². The van der Waals surface area contributed by atoms with Gasteiger partial charge in [-0.25, -0.2) is 9.98 Å². The number of nitrogens with zero attached hydrogens (tertiary/aromatic N) is 4. The van der Waals surface area contributed by atoms with Crippen LogP contribution in [0.2, 0.25) is 10.0 Å². The Balaban J connectivity index is 1.37. The quantitative estimate of drug-likeness (QED) is 0.324. The van der Waals surface area contributed by atoms with Crippen LogP contribution in [0.3, 0.4) is 0 Å². The number of halogens is 2. The lowest BCUT2D eigenvalue weighted by Crippen LogP contribution is -2.49. The largest absolute Gasteiger partial charge is 0.340 e. The van der Waals surface area contributed by atoms with Gasteiger partial charge in [-0.1, -0.05) is 56.0 Å². The van der Waals surface area contributed by atoms with Gasteiger partial charge in [0.05, 0.1) is 23.3 Å². The number of fused-ring (bicyclic) bond motifs is 1. The molecule has 3 aromatic rings. The molecule has 3 unspecified atom stereocenters. The van der Waals surface area contributed by atoms with Crippen molar-refractivity contribution in [3.8, 4) is 0 Å². The minimum Gasteiger partial charge on any atom is -0.340 e. The van der Waals surface area contributed by atoms with Crippen molar-refractivity contribution in [1.82, 2.24) is 19.8 Å². The minimum atomic E-state index is -0.0624. The first-order valence-corrected chi connectivity index (χ1v) is 14.4. The van der Waals surface area contributed by atoms with Crippen molar-refractivity contribution < 1.29 is 0 Å². The van der Waals surface area contributed by atoms with E-state index in [9.17, 15) is 4.79 Å². The van der Waals surface area contributed by atoms with Crippen molar-refractivity contribution in [2.75, 3.05) is 31.5 Å². The summed E-state index contributed by atoms with van der Waals surface area (Å²) in [5, 5.41) is 8.82. The first-order chi connectivity index (χ1) is 18.4. The van der Waals surface area contributed by atoms with Gasteiger partial charge in [-0.3, -0.25) is 9.36 Å². The Morgan fingerprint density at radius 3 is 2.74 bits per heavy atom. The van der Waals surface area contributed by atoms with Crippen LogP contribution in [0.25, 0.3) is 10.9 Å². The molecule has 202 valence electrons. The fourth-order valence-corrected chi connectivity index (χ4v) is 5.96. The van der Waals surface area contributed by atoms with Crippen molar-refractivity contribution in [3.05, 3.63) is 68.7 Å². The van der Waals surface area contributed by atoms with Crippen LogP contribution in [0.5, 0.6) is 0 Å². The van der Waals surface area contributed by atoms with Crippen molar-refractivity contribution in [3.63, 3.8) is 0 Å². The van der Waals surface area contributed by atoms with Gasteiger partial charge in [-0.15, -0.1) is 0 Å². The predicted octanol–water partition coefficient (Wildman–Crippen LogP) is 5.44. The second kappa shape index (κ2) is 12.1. The monoisotopic (exact) mass is 554 g/mol. The molecule has 5 rings (SSSR count). The Morgan fingerprint density at radius 2 is 1.95 bits per heavy atom. The SMILES string of the molecule is CC1CCCC(N=C(Nc2ccc3c(=O)n(CCc4ccc(Cl)cc4Cl)cnc3c2)N2CCNCC2)C1C. The summed E-state index contributed by atoms with van der Waals surface area (Å²) in [5.74, 6) is 2.16. The van der Waals surface area contributed by atoms with E-state index in [2.05, 4.69) is 34.4 Å². The number of aromatic nitrogens is 2. The van der Waals surface area contributed by atoms with Gasteiger partial charge in [-0.2, -0.15) is 0 Å². The number of nitrogens with one attached hydrogen (secondary N) is 2. The standard InChI is InChI=1S/C29H36Cl2N6O/c1-19-4-3-5-26(20(19)2)35-29(36-14-11-32-12-15-36)34-23-8-9-24-27(17-23)33-18-37(28(24)38)13-10-21-6-7-22(30)16-25(21)31/h6-9,16-20,26,32H,3-5,10-15H2,1-2H3,(H,34,35). The molecule has 1 saturated carbocycles. The molecule has 1 aromatic heterocycles. The summed E-state index contributed by atoms with van der Waals surface area (Å²) >= 11 is 12.3. The lowest BCUT2D eigenvalue weighted by atomic mass is 9.78. The van der Waals surface area contributed by atoms with E-state index in [0.29, 0.717) is 51.8 Å². The number of anilines is 1. The molecule has 1 aliphatic heterocycles. The fourth-order valence-electron chi connectivity index (χ4n) is 5.45. The second-order valence-electron chi connectivity index (χ2n) is 10.6. The number of aliphatic imine (C=N–C) groups is 1. The molecule has 9 heteroatoms. The van der Waals surface area contributed by atoms with Crippen LogP contribution in [-0.2, 0) is 13.0 Å². The summed E-state index contributed by atoms with van der Waals surface area (Å²) in [6.07, 6.45) is 5.87. The summed E-state index contributed by atoms with van der Waals surface area (Å²) in [6, 6.07) is 11.5. The summed E-state index contributed by atoms with van der Waals surface area (Å²) < 4.78 is 1.64. The van der Waals surface area contributed by atoms with Gasteiger partial charge < -0.3 is 15.5 Å². The molecule has 2 heterocycles. The molecule has 2 fully saturated rings. The van der Waals surface area contributed by atoms with Gasteiger partial charge in [-0.05, 0) is 60.6 Å². The Kier molecular flexibility index (Phi) is 8.56. The summed E-state index contributed by atoms with van der Waals surface area (Å²) in [7, 11) is 0. The maximum absolute atomic E-state index is 13.2. The molecule has 0 bridgehead atoms. The van der Waals surface area contributed by atoms with Gasteiger partial charge in [0.2, 0.25) is 0 Å². The number of guanidine groups is 1. The molecule has 0 amide bonds. The Morgan fingerprint density at radius 1 is 1.13 bits per heavy atom. The van der Waals surface area contributed by atoms with E-state index in [1.165, 1.54) is 12.8 Å². The number of hydrogen-bond acceptors (Lipinski definition) is 4. The van der Waals surface area contributed by atoms with E-state index >= 15 is 0 Å². The van der Waals surface area contributed by atoms with Gasteiger partial charge in [0.1, 0.15) is 0 Å². The van der Waals surface area contributed by atoms with E-state index < -0.39 is 0 Å². The lowest BCUT2D eigenvalue weighted by molar-refractivity contribution is 0.238. The Labute approximate surface area is 234 Å². The highest BCUT2D eigenvalue weighted by Gasteiger charge is 2.28. The number of benzene rings is 2. The third-order valence-corrected chi connectivity index (χ3v) is 8.67. The van der Waals surface area contributed by atoms with Crippen LogP contribution >= 0.6 is 23.2 Å². The van der Waals surface area contributed by atoms with Crippen molar-refractivity contribution in [2.45, 2.75) is 52.1 Å². The number of rotatable bonds is 5. The van der Waals surface area contributed by atoms with Crippen molar-refractivity contribution in [1.29, 1.82) is 0 Å². The van der Waals surface area contributed by atoms with E-state index in [1.54, 1.807) is 17.0 Å². The van der Waals surface area contributed by atoms with Crippen molar-refractivity contribution in [2.24, 2.45) is 16.8 Å². The number of aryl methyl sites for hydroxylation is 2. The molecular formula is C29H36Cl2N6O. The van der Waals surface area contributed by atoms with Gasteiger partial charge in [0.25, 0.3) is 5.56 Å².